The van der Waals surface area contributed by atoms with E-state index in [2.05, 4.69) is 12.0 Å². The highest BCUT2D eigenvalue weighted by molar-refractivity contribution is 7.91. The van der Waals surface area contributed by atoms with E-state index < -0.39 is 9.84 Å². The van der Waals surface area contributed by atoms with Crippen molar-refractivity contribution in [2.24, 2.45) is 0 Å². The normalized spacial score (nSPS) is 11.8. The number of unbranched alkanes of at least 4 members (excludes halogenated alkanes) is 1. The largest absolute Gasteiger partial charge is 0.383 e. The maximum Gasteiger partial charge on any atom is 0.182 e. The van der Waals surface area contributed by atoms with Crippen LogP contribution in [0.3, 0.4) is 0 Å². The maximum absolute atomic E-state index is 11.7. The van der Waals surface area contributed by atoms with Crippen molar-refractivity contribution in [1.82, 2.24) is 9.78 Å². The molecule has 0 fully saturated rings. The second-order valence-electron chi connectivity index (χ2n) is 4.28. The van der Waals surface area contributed by atoms with Crippen molar-refractivity contribution in [3.8, 4) is 0 Å². The van der Waals surface area contributed by atoms with E-state index in [0.29, 0.717) is 12.4 Å². The highest BCUT2D eigenvalue weighted by Gasteiger charge is 2.24. The van der Waals surface area contributed by atoms with E-state index in [4.69, 9.17) is 5.73 Å². The summed E-state index contributed by atoms with van der Waals surface area (Å²) in [5.41, 5.74) is 5.86. The molecule has 1 aromatic rings. The molecule has 1 rings (SSSR count). The fraction of sp³-hybridized carbons (Fsp3) is 0.700. The minimum Gasteiger partial charge on any atom is -0.383 e. The molecule has 0 radical (unpaired) electrons. The molecule has 17 heavy (non-hydrogen) atoms. The molecule has 0 unspecified atom stereocenters. The molecule has 7 heteroatoms. The average molecular weight is 260 g/mol. The molecule has 0 saturated heterocycles. The number of rotatable bonds is 5. The third-order valence-corrected chi connectivity index (χ3v) is 3.58. The number of aromatic nitrogens is 2. The standard InChI is InChI=1S/C10H20N4O2S/c1-5-6-7-14-9(11)8(17(4,15)16)10(12-14)13(2)3/h5-7,11H2,1-4H3. The lowest BCUT2D eigenvalue weighted by atomic mass is 10.3. The predicted octanol–water partition coefficient (Wildman–Crippen LogP) is 0.735. The molecule has 2 N–H and O–H groups in total. The van der Waals surface area contributed by atoms with Gasteiger partial charge in [-0.15, -0.1) is 0 Å². The van der Waals surface area contributed by atoms with Gasteiger partial charge in [0.15, 0.2) is 20.6 Å². The first-order valence-electron chi connectivity index (χ1n) is 5.52. The van der Waals surface area contributed by atoms with Crippen molar-refractivity contribution < 1.29 is 8.42 Å². The molecular formula is C10H20N4O2S. The Morgan fingerprint density at radius 2 is 2.00 bits per heavy atom. The molecule has 0 bridgehead atoms. The van der Waals surface area contributed by atoms with Gasteiger partial charge in [0.1, 0.15) is 5.82 Å². The third kappa shape index (κ3) is 2.91. The summed E-state index contributed by atoms with van der Waals surface area (Å²) >= 11 is 0. The highest BCUT2D eigenvalue weighted by Crippen LogP contribution is 2.28. The Hall–Kier alpha value is -1.24. The second kappa shape index (κ2) is 4.95. The van der Waals surface area contributed by atoms with E-state index in [1.807, 2.05) is 0 Å². The number of nitrogens with two attached hydrogens (primary N) is 1. The SMILES string of the molecule is CCCCn1nc(N(C)C)c(S(C)(=O)=O)c1N. The number of hydrogen-bond donors (Lipinski definition) is 1. The molecule has 0 spiro atoms. The third-order valence-electron chi connectivity index (χ3n) is 2.45. The Morgan fingerprint density at radius 3 is 2.35 bits per heavy atom. The number of hydrogen-bond acceptors (Lipinski definition) is 5. The minimum absolute atomic E-state index is 0.124. The van der Waals surface area contributed by atoms with Crippen LogP contribution in [-0.2, 0) is 16.4 Å². The first-order valence-corrected chi connectivity index (χ1v) is 7.41. The van der Waals surface area contributed by atoms with Gasteiger partial charge in [0.25, 0.3) is 0 Å². The molecule has 0 aliphatic carbocycles. The first kappa shape index (κ1) is 13.8. The van der Waals surface area contributed by atoms with Crippen molar-refractivity contribution >= 4 is 21.5 Å². The zero-order chi connectivity index (χ0) is 13.2. The summed E-state index contributed by atoms with van der Waals surface area (Å²) in [4.78, 5) is 1.79. The van der Waals surface area contributed by atoms with Crippen molar-refractivity contribution in [3.05, 3.63) is 0 Å². The molecule has 0 amide bonds. The molecule has 98 valence electrons. The van der Waals surface area contributed by atoms with E-state index >= 15 is 0 Å². The molecule has 0 aliphatic rings. The van der Waals surface area contributed by atoms with Crippen LogP contribution in [0.1, 0.15) is 19.8 Å². The van der Waals surface area contributed by atoms with E-state index in [1.54, 1.807) is 23.7 Å². The van der Waals surface area contributed by atoms with Crippen LogP contribution in [0.4, 0.5) is 11.6 Å². The van der Waals surface area contributed by atoms with E-state index in [1.165, 1.54) is 0 Å². The number of anilines is 2. The summed E-state index contributed by atoms with van der Waals surface area (Å²) in [5.74, 6) is 0.630. The smallest absolute Gasteiger partial charge is 0.182 e. The molecule has 6 nitrogen and oxygen atoms in total. The van der Waals surface area contributed by atoms with Crippen molar-refractivity contribution in [1.29, 1.82) is 0 Å². The summed E-state index contributed by atoms with van der Waals surface area (Å²) in [6.07, 6.45) is 3.07. The Balaban J connectivity index is 3.31. The van der Waals surface area contributed by atoms with Gasteiger partial charge in [0.05, 0.1) is 0 Å². The Labute approximate surface area is 102 Å². The molecule has 1 aromatic heterocycles. The van der Waals surface area contributed by atoms with Gasteiger partial charge in [-0.05, 0) is 6.42 Å². The summed E-state index contributed by atoms with van der Waals surface area (Å²) in [6, 6.07) is 0. The van der Waals surface area contributed by atoms with Crippen molar-refractivity contribution in [2.45, 2.75) is 31.2 Å². The molecular weight excluding hydrogens is 240 g/mol. The van der Waals surface area contributed by atoms with Crippen LogP contribution in [0.5, 0.6) is 0 Å². The van der Waals surface area contributed by atoms with Crippen molar-refractivity contribution in [3.63, 3.8) is 0 Å². The van der Waals surface area contributed by atoms with Crippen molar-refractivity contribution in [2.75, 3.05) is 31.0 Å². The summed E-state index contributed by atoms with van der Waals surface area (Å²) in [6.45, 7) is 2.70. The van der Waals surface area contributed by atoms with Crippen LogP contribution in [-0.4, -0.2) is 38.5 Å². The number of nitrogens with zero attached hydrogens (tertiary/aromatic N) is 3. The maximum atomic E-state index is 11.7. The molecule has 0 aromatic carbocycles. The zero-order valence-electron chi connectivity index (χ0n) is 10.8. The number of sulfone groups is 1. The fourth-order valence-corrected chi connectivity index (χ4v) is 2.61. The van der Waals surface area contributed by atoms with Gasteiger partial charge in [-0.3, -0.25) is 0 Å². The Bertz CT molecular complexity index is 491. The van der Waals surface area contributed by atoms with Crippen LogP contribution in [0, 0.1) is 0 Å². The van der Waals surface area contributed by atoms with E-state index in [0.717, 1.165) is 19.1 Å². The zero-order valence-corrected chi connectivity index (χ0v) is 11.6. The predicted molar refractivity (Wildman–Crippen MR) is 69.0 cm³/mol. The Morgan fingerprint density at radius 1 is 1.41 bits per heavy atom. The van der Waals surface area contributed by atoms with Gasteiger partial charge >= 0.3 is 0 Å². The molecule has 1 heterocycles. The van der Waals surface area contributed by atoms with Gasteiger partial charge in [0, 0.05) is 26.9 Å². The summed E-state index contributed by atoms with van der Waals surface area (Å²) < 4.78 is 25.0. The van der Waals surface area contributed by atoms with Gasteiger partial charge in [0.2, 0.25) is 0 Å². The van der Waals surface area contributed by atoms with Gasteiger partial charge in [-0.2, -0.15) is 5.10 Å². The quantitative estimate of drug-likeness (QED) is 0.844. The summed E-state index contributed by atoms with van der Waals surface area (Å²) in [5, 5.41) is 4.25. The van der Waals surface area contributed by atoms with Crippen LogP contribution in [0.2, 0.25) is 0 Å². The lowest BCUT2D eigenvalue weighted by molar-refractivity contribution is 0.577. The topological polar surface area (TPSA) is 81.2 Å². The molecule has 0 atom stereocenters. The number of nitrogen functional groups attached to an aromatic ring is 1. The fourth-order valence-electron chi connectivity index (χ4n) is 1.57. The molecule has 0 saturated carbocycles. The van der Waals surface area contributed by atoms with Crippen LogP contribution < -0.4 is 10.6 Å². The van der Waals surface area contributed by atoms with Crippen LogP contribution in [0.25, 0.3) is 0 Å². The number of aryl methyl sites for hydroxylation is 1. The monoisotopic (exact) mass is 260 g/mol. The molecule has 0 aliphatic heterocycles. The minimum atomic E-state index is -3.36. The van der Waals surface area contributed by atoms with Crippen LogP contribution >= 0.6 is 0 Å². The van der Waals surface area contributed by atoms with Gasteiger partial charge in [-0.25, -0.2) is 13.1 Å². The first-order chi connectivity index (χ1) is 7.79. The second-order valence-corrected chi connectivity index (χ2v) is 6.23. The van der Waals surface area contributed by atoms with E-state index in [9.17, 15) is 8.42 Å². The van der Waals surface area contributed by atoms with Gasteiger partial charge < -0.3 is 10.6 Å². The highest BCUT2D eigenvalue weighted by atomic mass is 32.2. The van der Waals surface area contributed by atoms with E-state index in [-0.39, 0.29) is 10.7 Å². The lowest BCUT2D eigenvalue weighted by Gasteiger charge is -2.09. The Kier molecular flexibility index (Phi) is 4.03. The van der Waals surface area contributed by atoms with Crippen LogP contribution in [0.15, 0.2) is 4.90 Å². The average Bonchev–Trinajstić information content (AvgIpc) is 2.52. The summed E-state index contributed by atoms with van der Waals surface area (Å²) in [7, 11) is 0.138. The van der Waals surface area contributed by atoms with Gasteiger partial charge in [-0.1, -0.05) is 13.3 Å². The lowest BCUT2D eigenvalue weighted by Crippen LogP contribution is -2.13.